The molecule has 3 aromatic carbocycles. The maximum Gasteiger partial charge on any atom is 0.276 e. The molecule has 0 aliphatic heterocycles. The normalized spacial score (nSPS) is 12.8. The number of amides is 1. The van der Waals surface area contributed by atoms with Gasteiger partial charge in [0.05, 0.1) is 10.6 Å². The van der Waals surface area contributed by atoms with Crippen LogP contribution in [0, 0.1) is 0 Å². The average Bonchev–Trinajstić information content (AvgIpc) is 3.43. The van der Waals surface area contributed by atoms with Crippen LogP contribution in [0.5, 0.6) is 0 Å². The minimum absolute atomic E-state index is 0.110. The van der Waals surface area contributed by atoms with Crippen LogP contribution < -0.4 is 10.0 Å². The zero-order valence-electron chi connectivity index (χ0n) is 17.7. The highest BCUT2D eigenvalue weighted by Crippen LogP contribution is 2.28. The van der Waals surface area contributed by atoms with E-state index in [1.54, 1.807) is 36.4 Å². The summed E-state index contributed by atoms with van der Waals surface area (Å²) in [6.07, 6.45) is 2.68. The molecule has 1 aliphatic carbocycles. The molecule has 0 unspecified atom stereocenters. The number of fused-ring (bicyclic) bond motifs is 1. The molecule has 0 saturated carbocycles. The van der Waals surface area contributed by atoms with Gasteiger partial charge < -0.3 is 5.32 Å². The lowest BCUT2D eigenvalue weighted by Crippen LogP contribution is -2.16. The molecule has 7 nitrogen and oxygen atoms in total. The van der Waals surface area contributed by atoms with E-state index in [9.17, 15) is 13.2 Å². The molecule has 0 bridgehead atoms. The summed E-state index contributed by atoms with van der Waals surface area (Å²) in [4.78, 5) is 13.1. The largest absolute Gasteiger partial charge is 0.321 e. The maximum atomic E-state index is 13.0. The van der Waals surface area contributed by atoms with Gasteiger partial charge in [-0.2, -0.15) is 5.10 Å². The number of para-hydroxylation sites is 2. The molecule has 166 valence electrons. The summed E-state index contributed by atoms with van der Waals surface area (Å²) < 4.78 is 29.6. The molecule has 33 heavy (non-hydrogen) atoms. The quantitative estimate of drug-likeness (QED) is 0.447. The van der Waals surface area contributed by atoms with Crippen molar-refractivity contribution >= 4 is 27.3 Å². The van der Waals surface area contributed by atoms with Crippen molar-refractivity contribution in [1.82, 2.24) is 9.78 Å². The summed E-state index contributed by atoms with van der Waals surface area (Å²) >= 11 is 0. The first kappa shape index (κ1) is 21.0. The van der Waals surface area contributed by atoms with E-state index >= 15 is 0 Å². The van der Waals surface area contributed by atoms with Gasteiger partial charge in [0.25, 0.3) is 15.9 Å². The van der Waals surface area contributed by atoms with Gasteiger partial charge in [-0.1, -0.05) is 36.4 Å². The van der Waals surface area contributed by atoms with Crippen molar-refractivity contribution in [2.24, 2.45) is 0 Å². The third kappa shape index (κ3) is 4.25. The molecule has 8 heteroatoms. The van der Waals surface area contributed by atoms with Gasteiger partial charge in [-0.25, -0.2) is 13.1 Å². The van der Waals surface area contributed by atoms with E-state index in [4.69, 9.17) is 0 Å². The summed E-state index contributed by atoms with van der Waals surface area (Å²) in [6, 6.07) is 24.5. The Kier molecular flexibility index (Phi) is 5.43. The fourth-order valence-electron chi connectivity index (χ4n) is 4.03. The van der Waals surface area contributed by atoms with Gasteiger partial charge in [0.2, 0.25) is 0 Å². The third-order valence-electron chi connectivity index (χ3n) is 5.59. The van der Waals surface area contributed by atoms with E-state index in [1.165, 1.54) is 12.1 Å². The van der Waals surface area contributed by atoms with E-state index < -0.39 is 10.0 Å². The smallest absolute Gasteiger partial charge is 0.276 e. The molecular weight excluding hydrogens is 436 g/mol. The predicted octanol–water partition coefficient (Wildman–Crippen LogP) is 4.41. The second-order valence-electron chi connectivity index (χ2n) is 7.82. The molecule has 2 N–H and O–H groups in total. The van der Waals surface area contributed by atoms with Crippen molar-refractivity contribution in [1.29, 1.82) is 0 Å². The fourth-order valence-corrected chi connectivity index (χ4v) is 5.09. The monoisotopic (exact) mass is 458 g/mol. The lowest BCUT2D eigenvalue weighted by molar-refractivity contribution is 0.102. The first-order valence-corrected chi connectivity index (χ1v) is 12.1. The van der Waals surface area contributed by atoms with Gasteiger partial charge in [0, 0.05) is 22.6 Å². The first-order chi connectivity index (χ1) is 16.0. The SMILES string of the molecule is O=C(Nc1ccc(S(=O)(=O)Nc2ccccc2)cc1)c1nn(-c2ccccc2)c2c1CCC2. The minimum Gasteiger partial charge on any atom is -0.321 e. The van der Waals surface area contributed by atoms with E-state index in [-0.39, 0.29) is 10.8 Å². The highest BCUT2D eigenvalue weighted by Gasteiger charge is 2.27. The highest BCUT2D eigenvalue weighted by atomic mass is 32.2. The van der Waals surface area contributed by atoms with Crippen molar-refractivity contribution in [2.45, 2.75) is 24.2 Å². The van der Waals surface area contributed by atoms with Crippen LogP contribution in [0.4, 0.5) is 11.4 Å². The van der Waals surface area contributed by atoms with Crippen LogP contribution in [-0.2, 0) is 22.9 Å². The molecule has 4 aromatic rings. The third-order valence-corrected chi connectivity index (χ3v) is 6.99. The van der Waals surface area contributed by atoms with Crippen molar-refractivity contribution in [3.8, 4) is 5.69 Å². The Morgan fingerprint density at radius 2 is 1.48 bits per heavy atom. The number of nitrogens with one attached hydrogen (secondary N) is 2. The van der Waals surface area contributed by atoms with Crippen molar-refractivity contribution < 1.29 is 13.2 Å². The minimum atomic E-state index is -3.72. The lowest BCUT2D eigenvalue weighted by atomic mass is 10.2. The molecule has 0 atom stereocenters. The van der Waals surface area contributed by atoms with E-state index in [0.717, 1.165) is 36.2 Å². The number of nitrogens with zero attached hydrogens (tertiary/aromatic N) is 2. The van der Waals surface area contributed by atoms with Gasteiger partial charge in [-0.15, -0.1) is 0 Å². The Labute approximate surface area is 192 Å². The van der Waals surface area contributed by atoms with Gasteiger partial charge in [0.15, 0.2) is 5.69 Å². The number of anilines is 2. The molecule has 0 saturated heterocycles. The summed E-state index contributed by atoms with van der Waals surface area (Å²) in [5, 5.41) is 7.45. The number of carbonyl (C=O) groups is 1. The molecule has 0 spiro atoms. The molecule has 1 amide bonds. The van der Waals surface area contributed by atoms with Crippen LogP contribution >= 0.6 is 0 Å². The molecular formula is C25H22N4O3S. The van der Waals surface area contributed by atoms with Crippen molar-refractivity contribution in [3.63, 3.8) is 0 Å². The average molecular weight is 459 g/mol. The fraction of sp³-hybridized carbons (Fsp3) is 0.120. The zero-order valence-corrected chi connectivity index (χ0v) is 18.5. The molecule has 1 heterocycles. The molecule has 0 radical (unpaired) electrons. The number of hydrogen-bond donors (Lipinski definition) is 2. The van der Waals surface area contributed by atoms with Crippen LogP contribution in [0.3, 0.4) is 0 Å². The Bertz CT molecular complexity index is 1400. The number of sulfonamides is 1. The standard InChI is InChI=1S/C25H22N4O3S/c30-25(24-22-12-7-13-23(22)29(27-24)20-10-5-2-6-11-20)26-18-14-16-21(17-15-18)33(31,32)28-19-8-3-1-4-9-19/h1-6,8-11,14-17,28H,7,12-13H2,(H,26,30). The van der Waals surface area contributed by atoms with Crippen LogP contribution in [-0.4, -0.2) is 24.1 Å². The number of aromatic nitrogens is 2. The number of benzene rings is 3. The van der Waals surface area contributed by atoms with Gasteiger partial charge in [0.1, 0.15) is 0 Å². The molecule has 1 aromatic heterocycles. The second kappa shape index (κ2) is 8.55. The van der Waals surface area contributed by atoms with Crippen molar-refractivity contribution in [2.75, 3.05) is 10.0 Å². The maximum absolute atomic E-state index is 13.0. The lowest BCUT2D eigenvalue weighted by Gasteiger charge is -2.09. The van der Waals surface area contributed by atoms with Crippen molar-refractivity contribution in [3.05, 3.63) is 102 Å². The molecule has 1 aliphatic rings. The number of hydrogen-bond acceptors (Lipinski definition) is 4. The van der Waals surface area contributed by atoms with Gasteiger partial charge in [-0.05, 0) is 67.8 Å². The highest BCUT2D eigenvalue weighted by molar-refractivity contribution is 7.92. The zero-order chi connectivity index (χ0) is 22.8. The molecule has 5 rings (SSSR count). The topological polar surface area (TPSA) is 93.1 Å². The van der Waals surface area contributed by atoms with E-state index in [1.807, 2.05) is 41.1 Å². The van der Waals surface area contributed by atoms with Crippen LogP contribution in [0.2, 0.25) is 0 Å². The predicted molar refractivity (Wildman–Crippen MR) is 127 cm³/mol. The van der Waals surface area contributed by atoms with Gasteiger partial charge in [-0.3, -0.25) is 9.52 Å². The number of carbonyl (C=O) groups excluding carboxylic acids is 1. The first-order valence-electron chi connectivity index (χ1n) is 10.7. The molecule has 0 fully saturated rings. The summed E-state index contributed by atoms with van der Waals surface area (Å²) in [5.41, 5.74) is 4.36. The number of rotatable bonds is 6. The van der Waals surface area contributed by atoms with Crippen LogP contribution in [0.15, 0.2) is 89.8 Å². The summed E-state index contributed by atoms with van der Waals surface area (Å²) in [7, 11) is -3.72. The van der Waals surface area contributed by atoms with E-state index in [2.05, 4.69) is 15.1 Å². The van der Waals surface area contributed by atoms with Crippen LogP contribution in [0.1, 0.15) is 28.2 Å². The van der Waals surface area contributed by atoms with Gasteiger partial charge >= 0.3 is 0 Å². The summed E-state index contributed by atoms with van der Waals surface area (Å²) in [5.74, 6) is -0.305. The Morgan fingerprint density at radius 1 is 0.818 bits per heavy atom. The summed E-state index contributed by atoms with van der Waals surface area (Å²) in [6.45, 7) is 0. The Balaban J connectivity index is 1.35. The second-order valence-corrected chi connectivity index (χ2v) is 9.51. The Hall–Kier alpha value is -3.91. The Morgan fingerprint density at radius 3 is 2.18 bits per heavy atom. The van der Waals surface area contributed by atoms with E-state index in [0.29, 0.717) is 17.1 Å². The van der Waals surface area contributed by atoms with Crippen LogP contribution in [0.25, 0.3) is 5.69 Å².